The number of rotatable bonds is 8. The highest BCUT2D eigenvalue weighted by molar-refractivity contribution is 5.77. The van der Waals surface area contributed by atoms with Crippen molar-refractivity contribution in [2.45, 2.75) is 18.9 Å². The van der Waals surface area contributed by atoms with E-state index in [1.165, 1.54) is 0 Å². The number of aryl methyl sites for hydroxylation is 2. The molecule has 0 unspecified atom stereocenters. The molecule has 0 radical (unpaired) electrons. The van der Waals surface area contributed by atoms with E-state index in [4.69, 9.17) is 9.47 Å². The number of hydrogen-bond acceptors (Lipinski definition) is 4. The SMILES string of the molecule is COc1cccc(CCC(=O)N[C@@H](c2ccccc2)c2nccn2C)c1OC. The van der Waals surface area contributed by atoms with Crippen LogP contribution in [0.4, 0.5) is 0 Å². The molecule has 1 aromatic heterocycles. The van der Waals surface area contributed by atoms with Crippen molar-refractivity contribution >= 4 is 5.91 Å². The van der Waals surface area contributed by atoms with Crippen molar-refractivity contribution in [1.82, 2.24) is 14.9 Å². The molecule has 0 bridgehead atoms. The van der Waals surface area contributed by atoms with Gasteiger partial charge in [0.2, 0.25) is 5.91 Å². The van der Waals surface area contributed by atoms with Gasteiger partial charge in [0.1, 0.15) is 11.9 Å². The van der Waals surface area contributed by atoms with Crippen molar-refractivity contribution in [1.29, 1.82) is 0 Å². The van der Waals surface area contributed by atoms with Gasteiger partial charge in [0, 0.05) is 25.9 Å². The number of ether oxygens (including phenoxy) is 2. The number of aromatic nitrogens is 2. The van der Waals surface area contributed by atoms with Crippen molar-refractivity contribution in [3.8, 4) is 11.5 Å². The molecular weight excluding hydrogens is 354 g/mol. The Balaban J connectivity index is 1.74. The number of imidazole rings is 1. The van der Waals surface area contributed by atoms with E-state index >= 15 is 0 Å². The van der Waals surface area contributed by atoms with E-state index < -0.39 is 0 Å². The van der Waals surface area contributed by atoms with Crippen molar-refractivity contribution in [2.24, 2.45) is 7.05 Å². The van der Waals surface area contributed by atoms with Crippen LogP contribution in [0.2, 0.25) is 0 Å². The maximum absolute atomic E-state index is 12.7. The summed E-state index contributed by atoms with van der Waals surface area (Å²) in [6.07, 6.45) is 4.49. The van der Waals surface area contributed by atoms with Gasteiger partial charge in [0.15, 0.2) is 11.5 Å². The fourth-order valence-electron chi connectivity index (χ4n) is 3.23. The van der Waals surface area contributed by atoms with Crippen LogP contribution in [0.1, 0.15) is 29.4 Å². The number of amides is 1. The number of para-hydroxylation sites is 1. The van der Waals surface area contributed by atoms with Crippen molar-refractivity contribution in [2.75, 3.05) is 14.2 Å². The number of carbonyl (C=O) groups is 1. The summed E-state index contributed by atoms with van der Waals surface area (Å²) in [4.78, 5) is 17.2. The largest absolute Gasteiger partial charge is 0.493 e. The Labute approximate surface area is 165 Å². The highest BCUT2D eigenvalue weighted by Crippen LogP contribution is 2.31. The standard InChI is InChI=1S/C22H25N3O3/c1-25-15-14-23-22(25)20(16-8-5-4-6-9-16)24-19(26)13-12-17-10-7-11-18(27-2)21(17)28-3/h4-11,14-15,20H,12-13H2,1-3H3,(H,24,26)/t20-/m0/s1. The third-order valence-corrected chi connectivity index (χ3v) is 4.66. The maximum Gasteiger partial charge on any atom is 0.221 e. The van der Waals surface area contributed by atoms with Gasteiger partial charge in [-0.15, -0.1) is 0 Å². The maximum atomic E-state index is 12.7. The fourth-order valence-corrected chi connectivity index (χ4v) is 3.23. The van der Waals surface area contributed by atoms with E-state index in [0.717, 1.165) is 17.0 Å². The first-order valence-electron chi connectivity index (χ1n) is 9.15. The molecule has 0 fully saturated rings. The highest BCUT2D eigenvalue weighted by atomic mass is 16.5. The Hall–Kier alpha value is -3.28. The minimum absolute atomic E-state index is 0.0540. The quantitative estimate of drug-likeness (QED) is 0.652. The molecule has 28 heavy (non-hydrogen) atoms. The van der Waals surface area contributed by atoms with E-state index in [2.05, 4.69) is 10.3 Å². The van der Waals surface area contributed by atoms with Gasteiger partial charge in [-0.2, -0.15) is 0 Å². The first-order chi connectivity index (χ1) is 13.6. The molecule has 3 aromatic rings. The predicted octanol–water partition coefficient (Wildman–Crippen LogP) is 3.28. The molecule has 3 rings (SSSR count). The average molecular weight is 379 g/mol. The van der Waals surface area contributed by atoms with Crippen LogP contribution in [0.3, 0.4) is 0 Å². The third kappa shape index (κ3) is 4.34. The summed E-state index contributed by atoms with van der Waals surface area (Å²) < 4.78 is 12.7. The fraction of sp³-hybridized carbons (Fsp3) is 0.273. The molecule has 2 aromatic carbocycles. The van der Waals surface area contributed by atoms with Gasteiger partial charge in [-0.05, 0) is 23.6 Å². The Kier molecular flexibility index (Phi) is 6.32. The van der Waals surface area contributed by atoms with Crippen molar-refractivity contribution in [3.05, 3.63) is 77.9 Å². The van der Waals surface area contributed by atoms with Crippen LogP contribution >= 0.6 is 0 Å². The van der Waals surface area contributed by atoms with Gasteiger partial charge < -0.3 is 19.4 Å². The number of benzene rings is 2. The summed E-state index contributed by atoms with van der Waals surface area (Å²) in [5.41, 5.74) is 1.93. The summed E-state index contributed by atoms with van der Waals surface area (Å²) in [6.45, 7) is 0. The van der Waals surface area contributed by atoms with E-state index in [0.29, 0.717) is 24.3 Å². The second kappa shape index (κ2) is 9.08. The lowest BCUT2D eigenvalue weighted by Gasteiger charge is -2.19. The van der Waals surface area contributed by atoms with Crippen LogP contribution < -0.4 is 14.8 Å². The van der Waals surface area contributed by atoms with E-state index in [-0.39, 0.29) is 11.9 Å². The molecule has 1 N–H and O–H groups in total. The molecule has 0 spiro atoms. The molecule has 0 aliphatic heterocycles. The molecule has 6 heteroatoms. The number of hydrogen-bond donors (Lipinski definition) is 1. The Morgan fingerprint density at radius 2 is 1.89 bits per heavy atom. The number of methoxy groups -OCH3 is 2. The van der Waals surface area contributed by atoms with Gasteiger partial charge in [-0.3, -0.25) is 4.79 Å². The van der Waals surface area contributed by atoms with Crippen LogP contribution in [0, 0.1) is 0 Å². The zero-order valence-corrected chi connectivity index (χ0v) is 16.4. The second-order valence-corrected chi connectivity index (χ2v) is 6.46. The zero-order valence-electron chi connectivity index (χ0n) is 16.4. The topological polar surface area (TPSA) is 65.4 Å². The van der Waals surface area contributed by atoms with Crippen molar-refractivity contribution < 1.29 is 14.3 Å². The van der Waals surface area contributed by atoms with Gasteiger partial charge in [0.25, 0.3) is 0 Å². The smallest absolute Gasteiger partial charge is 0.221 e. The lowest BCUT2D eigenvalue weighted by Crippen LogP contribution is -2.31. The summed E-state index contributed by atoms with van der Waals surface area (Å²) in [5.74, 6) is 2.07. The monoisotopic (exact) mass is 379 g/mol. The lowest BCUT2D eigenvalue weighted by molar-refractivity contribution is -0.121. The predicted molar refractivity (Wildman–Crippen MR) is 108 cm³/mol. The van der Waals surface area contributed by atoms with Gasteiger partial charge in [-0.25, -0.2) is 4.98 Å². The average Bonchev–Trinajstić information content (AvgIpc) is 3.16. The Morgan fingerprint density at radius 1 is 1.11 bits per heavy atom. The molecule has 0 aliphatic rings. The Bertz CT molecular complexity index is 922. The normalized spacial score (nSPS) is 11.7. The summed E-state index contributed by atoms with van der Waals surface area (Å²) in [7, 11) is 5.13. The van der Waals surface area contributed by atoms with E-state index in [1.807, 2.05) is 66.3 Å². The van der Waals surface area contributed by atoms with Crippen molar-refractivity contribution in [3.63, 3.8) is 0 Å². The van der Waals surface area contributed by atoms with Gasteiger partial charge in [0.05, 0.1) is 14.2 Å². The van der Waals surface area contributed by atoms with Gasteiger partial charge in [-0.1, -0.05) is 42.5 Å². The van der Waals surface area contributed by atoms with Crippen LogP contribution in [0.25, 0.3) is 0 Å². The minimum Gasteiger partial charge on any atom is -0.493 e. The van der Waals surface area contributed by atoms with Gasteiger partial charge >= 0.3 is 0 Å². The molecule has 0 saturated heterocycles. The van der Waals surface area contributed by atoms with Crippen LogP contribution in [0.15, 0.2) is 60.9 Å². The number of nitrogens with zero attached hydrogens (tertiary/aromatic N) is 2. The molecule has 1 atom stereocenters. The third-order valence-electron chi connectivity index (χ3n) is 4.66. The summed E-state index contributed by atoms with van der Waals surface area (Å²) in [6, 6.07) is 15.2. The summed E-state index contributed by atoms with van der Waals surface area (Å²) in [5, 5.41) is 3.12. The molecule has 0 aliphatic carbocycles. The molecule has 6 nitrogen and oxygen atoms in total. The number of nitrogens with one attached hydrogen (secondary N) is 1. The van der Waals surface area contributed by atoms with E-state index in [9.17, 15) is 4.79 Å². The first-order valence-corrected chi connectivity index (χ1v) is 9.15. The molecule has 146 valence electrons. The minimum atomic E-state index is -0.305. The van der Waals surface area contributed by atoms with E-state index in [1.54, 1.807) is 20.4 Å². The number of carbonyl (C=O) groups excluding carboxylic acids is 1. The second-order valence-electron chi connectivity index (χ2n) is 6.46. The Morgan fingerprint density at radius 3 is 2.54 bits per heavy atom. The molecule has 1 heterocycles. The zero-order chi connectivity index (χ0) is 19.9. The molecule has 0 saturated carbocycles. The lowest BCUT2D eigenvalue weighted by atomic mass is 10.0. The van der Waals surface area contributed by atoms with Crippen LogP contribution in [0.5, 0.6) is 11.5 Å². The molecule has 1 amide bonds. The summed E-state index contributed by atoms with van der Waals surface area (Å²) >= 11 is 0. The molecular formula is C22H25N3O3. The first kappa shape index (κ1) is 19.5. The highest BCUT2D eigenvalue weighted by Gasteiger charge is 2.21. The van der Waals surface area contributed by atoms with Crippen LogP contribution in [-0.4, -0.2) is 29.7 Å². The van der Waals surface area contributed by atoms with Crippen LogP contribution in [-0.2, 0) is 18.3 Å².